The molecule has 1 fully saturated rings. The largest absolute Gasteiger partial charge is 0.338 e. The summed E-state index contributed by atoms with van der Waals surface area (Å²) >= 11 is 1.58. The van der Waals surface area contributed by atoms with E-state index in [1.807, 2.05) is 59.8 Å². The van der Waals surface area contributed by atoms with E-state index in [2.05, 4.69) is 10.4 Å². The number of hydrogen-bond donors (Lipinski definition) is 1. The number of nitrogens with zero attached hydrogens (tertiary/aromatic N) is 4. The van der Waals surface area contributed by atoms with E-state index in [4.69, 9.17) is 0 Å². The molecule has 182 valence electrons. The van der Waals surface area contributed by atoms with Crippen LogP contribution in [0, 0.1) is 5.92 Å². The SMILES string of the molecule is Cn1nc(C(=O)N2CCC[C@H](C(=O)Nc3ccccc3)C2)c2c1CCN(C(=O)Cc1cccs1)C2. The van der Waals surface area contributed by atoms with Crippen molar-refractivity contribution in [3.8, 4) is 0 Å². The van der Waals surface area contributed by atoms with Crippen molar-refractivity contribution in [3.05, 3.63) is 69.7 Å². The third kappa shape index (κ3) is 5.00. The van der Waals surface area contributed by atoms with Crippen molar-refractivity contribution in [1.82, 2.24) is 19.6 Å². The normalized spacial score (nSPS) is 17.7. The molecule has 5 rings (SSSR count). The van der Waals surface area contributed by atoms with E-state index in [1.165, 1.54) is 0 Å². The zero-order chi connectivity index (χ0) is 24.4. The molecule has 0 aliphatic carbocycles. The van der Waals surface area contributed by atoms with Crippen molar-refractivity contribution < 1.29 is 14.4 Å². The highest BCUT2D eigenvalue weighted by molar-refractivity contribution is 7.10. The molecule has 2 aliphatic rings. The van der Waals surface area contributed by atoms with Gasteiger partial charge in [-0.1, -0.05) is 24.3 Å². The highest BCUT2D eigenvalue weighted by atomic mass is 32.1. The third-order valence-corrected chi connectivity index (χ3v) is 7.70. The second-order valence-electron chi connectivity index (χ2n) is 9.16. The van der Waals surface area contributed by atoms with Gasteiger partial charge in [-0.2, -0.15) is 5.10 Å². The average Bonchev–Trinajstić information content (AvgIpc) is 3.51. The molecule has 2 aliphatic heterocycles. The van der Waals surface area contributed by atoms with Crippen LogP contribution in [0.1, 0.15) is 39.5 Å². The van der Waals surface area contributed by atoms with Crippen LogP contribution in [-0.2, 0) is 36.0 Å². The fraction of sp³-hybridized carbons (Fsp3) is 0.385. The number of nitrogens with one attached hydrogen (secondary N) is 1. The number of carbonyl (C=O) groups excluding carboxylic acids is 3. The maximum atomic E-state index is 13.6. The first-order valence-corrected chi connectivity index (χ1v) is 12.9. The lowest BCUT2D eigenvalue weighted by atomic mass is 9.96. The number of benzene rings is 1. The lowest BCUT2D eigenvalue weighted by Crippen LogP contribution is -2.44. The minimum atomic E-state index is -0.267. The first kappa shape index (κ1) is 23.3. The van der Waals surface area contributed by atoms with Crippen molar-refractivity contribution in [2.24, 2.45) is 13.0 Å². The van der Waals surface area contributed by atoms with Crippen molar-refractivity contribution in [2.75, 3.05) is 25.0 Å². The number of piperidine rings is 1. The second-order valence-corrected chi connectivity index (χ2v) is 10.2. The van der Waals surface area contributed by atoms with Crippen LogP contribution in [0.5, 0.6) is 0 Å². The van der Waals surface area contributed by atoms with Crippen LogP contribution >= 0.6 is 11.3 Å². The summed E-state index contributed by atoms with van der Waals surface area (Å²) in [6.45, 7) is 1.97. The summed E-state index contributed by atoms with van der Waals surface area (Å²) in [5, 5.41) is 9.50. The van der Waals surface area contributed by atoms with Gasteiger partial charge in [-0.15, -0.1) is 11.3 Å². The maximum absolute atomic E-state index is 13.6. The molecule has 3 amide bonds. The monoisotopic (exact) mass is 491 g/mol. The Balaban J connectivity index is 1.28. The molecule has 8 nitrogen and oxygen atoms in total. The molecule has 0 unspecified atom stereocenters. The molecule has 0 saturated carbocycles. The van der Waals surface area contributed by atoms with Gasteiger partial charge in [0.1, 0.15) is 0 Å². The zero-order valence-corrected chi connectivity index (χ0v) is 20.6. The minimum absolute atomic E-state index is 0.0657. The summed E-state index contributed by atoms with van der Waals surface area (Å²) in [6.07, 6.45) is 2.55. The fourth-order valence-corrected chi connectivity index (χ4v) is 5.64. The molecule has 3 aromatic rings. The minimum Gasteiger partial charge on any atom is -0.338 e. The number of carbonyl (C=O) groups is 3. The van der Waals surface area contributed by atoms with Gasteiger partial charge in [-0.25, -0.2) is 0 Å². The highest BCUT2D eigenvalue weighted by Gasteiger charge is 2.34. The zero-order valence-electron chi connectivity index (χ0n) is 19.8. The number of rotatable bonds is 5. The van der Waals surface area contributed by atoms with Gasteiger partial charge in [-0.05, 0) is 36.4 Å². The molecule has 9 heteroatoms. The van der Waals surface area contributed by atoms with Crippen LogP contribution in [0.15, 0.2) is 47.8 Å². The molecule has 0 spiro atoms. The fourth-order valence-electron chi connectivity index (χ4n) is 4.94. The average molecular weight is 492 g/mol. The molecule has 1 aromatic carbocycles. The summed E-state index contributed by atoms with van der Waals surface area (Å²) in [4.78, 5) is 43.9. The van der Waals surface area contributed by atoms with E-state index in [1.54, 1.807) is 20.9 Å². The molecule has 0 radical (unpaired) electrons. The number of hydrogen-bond acceptors (Lipinski definition) is 5. The molecular weight excluding hydrogens is 462 g/mol. The lowest BCUT2D eigenvalue weighted by Gasteiger charge is -2.32. The Morgan fingerprint density at radius 1 is 1.09 bits per heavy atom. The highest BCUT2D eigenvalue weighted by Crippen LogP contribution is 2.26. The van der Waals surface area contributed by atoms with Gasteiger partial charge in [0.25, 0.3) is 5.91 Å². The van der Waals surface area contributed by atoms with Gasteiger partial charge >= 0.3 is 0 Å². The second kappa shape index (κ2) is 10.0. The topological polar surface area (TPSA) is 87.5 Å². The first-order valence-electron chi connectivity index (χ1n) is 12.0. The summed E-state index contributed by atoms with van der Waals surface area (Å²) < 4.78 is 1.77. The van der Waals surface area contributed by atoms with Crippen molar-refractivity contribution in [1.29, 1.82) is 0 Å². The Bertz CT molecular complexity index is 1220. The van der Waals surface area contributed by atoms with E-state index in [0.29, 0.717) is 44.7 Å². The molecule has 0 bridgehead atoms. The van der Waals surface area contributed by atoms with E-state index in [-0.39, 0.29) is 23.6 Å². The quantitative estimate of drug-likeness (QED) is 0.594. The van der Waals surface area contributed by atoms with Gasteiger partial charge in [0, 0.05) is 61.5 Å². The van der Waals surface area contributed by atoms with Crippen LogP contribution < -0.4 is 5.32 Å². The maximum Gasteiger partial charge on any atom is 0.274 e. The Morgan fingerprint density at radius 2 is 1.91 bits per heavy atom. The standard InChI is InChI=1S/C26H29N5O3S/c1-29-22-11-13-30(23(32)15-20-10-6-14-35-20)17-21(22)24(28-29)26(34)31-12-5-7-18(16-31)25(33)27-19-8-3-2-4-9-19/h2-4,6,8-10,14,18H,5,7,11-13,15-17H2,1H3,(H,27,33)/t18-/m0/s1. The van der Waals surface area contributed by atoms with Crippen LogP contribution in [-0.4, -0.2) is 56.9 Å². The van der Waals surface area contributed by atoms with Gasteiger partial charge in [0.05, 0.1) is 12.3 Å². The molecule has 1 saturated heterocycles. The number of aromatic nitrogens is 2. The lowest BCUT2D eigenvalue weighted by molar-refractivity contribution is -0.131. The van der Waals surface area contributed by atoms with Gasteiger partial charge in [-0.3, -0.25) is 19.1 Å². The van der Waals surface area contributed by atoms with Crippen LogP contribution in [0.2, 0.25) is 0 Å². The third-order valence-electron chi connectivity index (χ3n) is 6.82. The summed E-state index contributed by atoms with van der Waals surface area (Å²) in [6, 6.07) is 13.3. The molecular formula is C26H29N5O3S. The van der Waals surface area contributed by atoms with Crippen LogP contribution in [0.3, 0.4) is 0 Å². The Hall–Kier alpha value is -3.46. The Kier molecular flexibility index (Phi) is 6.68. The predicted octanol–water partition coefficient (Wildman–Crippen LogP) is 3.10. The molecule has 2 aromatic heterocycles. The number of aryl methyl sites for hydroxylation is 1. The van der Waals surface area contributed by atoms with Gasteiger partial charge in [0.2, 0.25) is 11.8 Å². The summed E-state index contributed by atoms with van der Waals surface area (Å²) in [7, 11) is 1.85. The Morgan fingerprint density at radius 3 is 2.69 bits per heavy atom. The predicted molar refractivity (Wildman–Crippen MR) is 134 cm³/mol. The number of anilines is 1. The summed E-state index contributed by atoms with van der Waals surface area (Å²) in [5.74, 6) is -0.430. The van der Waals surface area contributed by atoms with Gasteiger partial charge in [0.15, 0.2) is 5.69 Å². The summed E-state index contributed by atoms with van der Waals surface area (Å²) in [5.41, 5.74) is 3.00. The van der Waals surface area contributed by atoms with Crippen molar-refractivity contribution in [2.45, 2.75) is 32.2 Å². The van der Waals surface area contributed by atoms with E-state index < -0.39 is 0 Å². The van der Waals surface area contributed by atoms with Crippen molar-refractivity contribution >= 4 is 34.7 Å². The van der Waals surface area contributed by atoms with E-state index in [9.17, 15) is 14.4 Å². The van der Waals surface area contributed by atoms with Crippen LogP contribution in [0.25, 0.3) is 0 Å². The van der Waals surface area contributed by atoms with Gasteiger partial charge < -0.3 is 15.1 Å². The molecule has 1 atom stereocenters. The van der Waals surface area contributed by atoms with E-state index >= 15 is 0 Å². The number of amides is 3. The molecule has 1 N–H and O–H groups in total. The number of fused-ring (bicyclic) bond motifs is 1. The smallest absolute Gasteiger partial charge is 0.274 e. The first-order chi connectivity index (χ1) is 17.0. The van der Waals surface area contributed by atoms with E-state index in [0.717, 1.165) is 34.7 Å². The Labute approximate surface area is 208 Å². The molecule has 4 heterocycles. The molecule has 35 heavy (non-hydrogen) atoms. The number of thiophene rings is 1. The number of para-hydroxylation sites is 1. The van der Waals surface area contributed by atoms with Crippen molar-refractivity contribution in [3.63, 3.8) is 0 Å². The van der Waals surface area contributed by atoms with Crippen LogP contribution in [0.4, 0.5) is 5.69 Å². The number of likely N-dealkylation sites (tertiary alicyclic amines) is 1.